The molecule has 3 atom stereocenters. The first-order valence-electron chi connectivity index (χ1n) is 17.8. The van der Waals surface area contributed by atoms with Gasteiger partial charge in [-0.25, -0.2) is 15.0 Å². The van der Waals surface area contributed by atoms with E-state index in [1.54, 1.807) is 24.5 Å². The van der Waals surface area contributed by atoms with Gasteiger partial charge in [-0.15, -0.1) is 4.72 Å². The summed E-state index contributed by atoms with van der Waals surface area (Å²) in [4.78, 5) is 27.8. The third kappa shape index (κ3) is 6.44. The van der Waals surface area contributed by atoms with Crippen LogP contribution in [0.3, 0.4) is 0 Å². The van der Waals surface area contributed by atoms with Gasteiger partial charge in [0.25, 0.3) is 5.91 Å². The number of nitrogens with one attached hydrogen (secondary N) is 2. The lowest BCUT2D eigenvalue weighted by molar-refractivity contribution is -0.0507. The van der Waals surface area contributed by atoms with Gasteiger partial charge in [-0.1, -0.05) is 39.8 Å². The molecule has 2 bridgehead atoms. The lowest BCUT2D eigenvalue weighted by Crippen LogP contribution is -2.63. The number of halogens is 2. The number of carbonyl (C=O) groups excluding carboxylic acids is 1. The quantitative estimate of drug-likeness (QED) is 0.131. The Bertz CT molecular complexity index is 2020. The number of fused-ring (bicyclic) bond motifs is 9. The van der Waals surface area contributed by atoms with Crippen molar-refractivity contribution in [2.45, 2.75) is 115 Å². The topological polar surface area (TPSA) is 126 Å². The van der Waals surface area contributed by atoms with Crippen LogP contribution in [0.15, 0.2) is 48.8 Å². The van der Waals surface area contributed by atoms with Crippen molar-refractivity contribution in [1.82, 2.24) is 29.6 Å². The van der Waals surface area contributed by atoms with Crippen LogP contribution in [-0.4, -0.2) is 56.3 Å². The second kappa shape index (κ2) is 12.6. The Labute approximate surface area is 308 Å². The lowest BCUT2D eigenvalue weighted by Gasteiger charge is -2.54. The predicted molar refractivity (Wildman–Crippen MR) is 200 cm³/mol. The standard InChI is InChI=1S/C38H48F2N6O4SSi/c1-35(2,3)51(48)45-38(19-37(7,20-38)21-49-52(8,9)36(4,5)6)33-41-17-23(18-42-33)22-13-14-25-27(15-22)46-28-16-26(31(46)43-25)44-32(47)24-11-10-12-29(30(24)28)50-34(39)40/h10-15,17-18,26,28,34,45H,16,19-21H2,1-9H3,(H,44,47)/t26-,28+,37-,38+,51+/m0/s1. The summed E-state index contributed by atoms with van der Waals surface area (Å²) in [6.07, 6.45) is 5.42. The fourth-order valence-electron chi connectivity index (χ4n) is 7.60. The molecule has 7 rings (SSSR count). The van der Waals surface area contributed by atoms with E-state index in [4.69, 9.17) is 24.1 Å². The summed E-state index contributed by atoms with van der Waals surface area (Å²) in [5, 5.41) is 3.13. The van der Waals surface area contributed by atoms with E-state index < -0.39 is 42.6 Å². The SMILES string of the molecule is CC(C)(C)[S@@+]([O-])N[C@]1(c2ncc(-c3ccc4nc5n(c4c3)[C@@H]3C[C@@H]5NC(=O)c4cccc(OC(F)F)c43)cn2)C[C@](C)(CO[Si](C)(C)C(C)(C)C)C1. The smallest absolute Gasteiger partial charge is 0.387 e. The first-order valence-corrected chi connectivity index (χ1v) is 21.8. The molecular weight excluding hydrogens is 703 g/mol. The van der Waals surface area contributed by atoms with Crippen LogP contribution >= 0.6 is 0 Å². The van der Waals surface area contributed by atoms with Gasteiger partial charge in [0.1, 0.15) is 21.9 Å². The molecular formula is C38H48F2N6O4SSi. The van der Waals surface area contributed by atoms with Crippen LogP contribution in [0.5, 0.6) is 5.75 Å². The highest BCUT2D eigenvalue weighted by Crippen LogP contribution is 2.55. The van der Waals surface area contributed by atoms with Crippen LogP contribution in [0.1, 0.15) is 107 Å². The molecule has 1 aliphatic carbocycles. The molecule has 2 N–H and O–H groups in total. The molecule has 0 saturated heterocycles. The number of nitrogens with zero attached hydrogens (tertiary/aromatic N) is 4. The number of ether oxygens (including phenoxy) is 1. The van der Waals surface area contributed by atoms with Crippen molar-refractivity contribution < 1.29 is 27.3 Å². The molecule has 2 aromatic carbocycles. The van der Waals surface area contributed by atoms with Crippen molar-refractivity contribution in [1.29, 1.82) is 0 Å². The van der Waals surface area contributed by atoms with E-state index in [9.17, 15) is 18.1 Å². The fraction of sp³-hybridized carbons (Fsp3) is 0.526. The Morgan fingerprint density at radius 1 is 1.10 bits per heavy atom. The average molecular weight is 751 g/mol. The maximum atomic E-state index is 13.5. The van der Waals surface area contributed by atoms with Crippen molar-refractivity contribution in [3.05, 3.63) is 71.6 Å². The highest BCUT2D eigenvalue weighted by molar-refractivity contribution is 7.90. The number of carbonyl (C=O) groups is 1. The van der Waals surface area contributed by atoms with E-state index in [0.717, 1.165) is 22.2 Å². The summed E-state index contributed by atoms with van der Waals surface area (Å²) in [7, 11) is -1.96. The van der Waals surface area contributed by atoms with Crippen LogP contribution in [0, 0.1) is 5.41 Å². The average Bonchev–Trinajstić information content (AvgIpc) is 3.53. The fourth-order valence-corrected chi connectivity index (χ4v) is 9.64. The molecule has 0 spiro atoms. The van der Waals surface area contributed by atoms with Gasteiger partial charge in [0.2, 0.25) is 0 Å². The normalized spacial score (nSPS) is 25.0. The first-order chi connectivity index (χ1) is 24.2. The van der Waals surface area contributed by atoms with E-state index in [-0.39, 0.29) is 28.2 Å². The van der Waals surface area contributed by atoms with Crippen molar-refractivity contribution >= 4 is 36.6 Å². The molecule has 14 heteroatoms. The molecule has 2 aromatic heterocycles. The number of alkyl halides is 2. The molecule has 4 heterocycles. The number of benzene rings is 2. The van der Waals surface area contributed by atoms with Gasteiger partial charge in [-0.05, 0) is 93.4 Å². The van der Waals surface area contributed by atoms with Gasteiger partial charge < -0.3 is 23.6 Å². The van der Waals surface area contributed by atoms with Gasteiger partial charge in [0.15, 0.2) is 14.1 Å². The second-order valence-electron chi connectivity index (χ2n) is 17.5. The number of amides is 1. The third-order valence-electron chi connectivity index (χ3n) is 11.3. The summed E-state index contributed by atoms with van der Waals surface area (Å²) < 4.78 is 57.0. The van der Waals surface area contributed by atoms with Crippen LogP contribution in [0.2, 0.25) is 18.1 Å². The lowest BCUT2D eigenvalue weighted by atomic mass is 9.58. The second-order valence-corrected chi connectivity index (χ2v) is 24.3. The van der Waals surface area contributed by atoms with Crippen LogP contribution in [-0.2, 0) is 21.3 Å². The minimum absolute atomic E-state index is 0.0169. The first kappa shape index (κ1) is 36.9. The molecule has 52 heavy (non-hydrogen) atoms. The summed E-state index contributed by atoms with van der Waals surface area (Å²) in [5.41, 5.74) is 3.08. The number of hydrogen-bond acceptors (Lipinski definition) is 8. The predicted octanol–water partition coefficient (Wildman–Crippen LogP) is 7.94. The van der Waals surface area contributed by atoms with Crippen molar-refractivity contribution in [2.75, 3.05) is 6.61 Å². The van der Waals surface area contributed by atoms with Gasteiger partial charge in [0.05, 0.1) is 23.1 Å². The molecule has 10 nitrogen and oxygen atoms in total. The number of imidazole rings is 1. The van der Waals surface area contributed by atoms with E-state index in [0.29, 0.717) is 48.6 Å². The minimum atomic E-state index is -3.03. The van der Waals surface area contributed by atoms with Gasteiger partial charge in [-0.2, -0.15) is 8.78 Å². The molecule has 3 aliphatic rings. The summed E-state index contributed by atoms with van der Waals surface area (Å²) in [6, 6.07) is 9.71. The van der Waals surface area contributed by atoms with E-state index in [2.05, 4.69) is 50.8 Å². The van der Waals surface area contributed by atoms with Crippen molar-refractivity contribution in [3.8, 4) is 16.9 Å². The largest absolute Gasteiger partial charge is 0.598 e. The molecule has 1 amide bonds. The van der Waals surface area contributed by atoms with E-state index in [1.165, 1.54) is 6.07 Å². The molecule has 2 aliphatic heterocycles. The zero-order valence-corrected chi connectivity index (χ0v) is 33.1. The van der Waals surface area contributed by atoms with Crippen LogP contribution in [0.4, 0.5) is 8.78 Å². The zero-order chi connectivity index (χ0) is 37.6. The summed E-state index contributed by atoms with van der Waals surface area (Å²) in [6.45, 7) is 16.9. The number of aromatic nitrogens is 4. The summed E-state index contributed by atoms with van der Waals surface area (Å²) >= 11 is -1.35. The van der Waals surface area contributed by atoms with Gasteiger partial charge >= 0.3 is 6.61 Å². The molecule has 0 unspecified atom stereocenters. The third-order valence-corrected chi connectivity index (χ3v) is 17.4. The highest BCUT2D eigenvalue weighted by atomic mass is 32.2. The number of hydrogen-bond donors (Lipinski definition) is 2. The number of rotatable bonds is 9. The highest BCUT2D eigenvalue weighted by Gasteiger charge is 2.59. The molecule has 0 radical (unpaired) electrons. The van der Waals surface area contributed by atoms with E-state index >= 15 is 0 Å². The van der Waals surface area contributed by atoms with Gasteiger partial charge in [-0.3, -0.25) is 4.79 Å². The Kier molecular flexibility index (Phi) is 8.92. The molecule has 1 fully saturated rings. The zero-order valence-electron chi connectivity index (χ0n) is 31.3. The Balaban J connectivity index is 1.20. The maximum absolute atomic E-state index is 13.5. The van der Waals surface area contributed by atoms with Crippen LogP contribution in [0.25, 0.3) is 22.2 Å². The summed E-state index contributed by atoms with van der Waals surface area (Å²) in [5.74, 6) is 0.901. The molecule has 1 saturated carbocycles. The maximum Gasteiger partial charge on any atom is 0.387 e. The van der Waals surface area contributed by atoms with E-state index in [1.807, 2.05) is 43.5 Å². The van der Waals surface area contributed by atoms with Crippen molar-refractivity contribution in [2.24, 2.45) is 5.41 Å². The van der Waals surface area contributed by atoms with Gasteiger partial charge in [0, 0.05) is 47.1 Å². The Hall–Kier alpha value is -3.43. The Morgan fingerprint density at radius 3 is 2.42 bits per heavy atom. The van der Waals surface area contributed by atoms with Crippen LogP contribution < -0.4 is 14.8 Å². The monoisotopic (exact) mass is 750 g/mol. The van der Waals surface area contributed by atoms with Crippen molar-refractivity contribution in [3.63, 3.8) is 0 Å². The Morgan fingerprint density at radius 2 is 1.79 bits per heavy atom. The molecule has 278 valence electrons. The molecule has 4 aromatic rings. The minimum Gasteiger partial charge on any atom is -0.598 e.